The molecular weight excluding hydrogens is 641 g/mol. The van der Waals surface area contributed by atoms with Crippen molar-refractivity contribution in [2.75, 3.05) is 38.2 Å². The van der Waals surface area contributed by atoms with Crippen molar-refractivity contribution in [2.24, 2.45) is 0 Å². The van der Waals surface area contributed by atoms with Crippen LogP contribution in [0.2, 0.25) is 0 Å². The highest BCUT2D eigenvalue weighted by Crippen LogP contribution is 2.34. The van der Waals surface area contributed by atoms with Crippen LogP contribution in [0.4, 0.5) is 15.4 Å². The average molecular weight is 673 g/mol. The molecule has 12 heteroatoms. The largest absolute Gasteiger partial charge is 0.490 e. The fraction of sp³-hybridized carbons (Fsp3) is 0.303. The van der Waals surface area contributed by atoms with E-state index >= 15 is 0 Å². The smallest absolute Gasteiger partial charge is 0.412 e. The minimum atomic E-state index is -1.70. The van der Waals surface area contributed by atoms with Crippen molar-refractivity contribution in [3.8, 4) is 5.75 Å². The van der Waals surface area contributed by atoms with Crippen LogP contribution in [-0.2, 0) is 20.8 Å². The Labute approximate surface area is 276 Å². The lowest BCUT2D eigenvalue weighted by Gasteiger charge is -2.38. The summed E-state index contributed by atoms with van der Waals surface area (Å²) in [5.74, 6) is 0.990. The number of nitrogens with zero attached hydrogens (tertiary/aromatic N) is 2. The van der Waals surface area contributed by atoms with Crippen LogP contribution < -0.4 is 10.1 Å². The quantitative estimate of drug-likeness (QED) is 0.136. The zero-order valence-corrected chi connectivity index (χ0v) is 26.5. The fourth-order valence-electron chi connectivity index (χ4n) is 5.11. The highest BCUT2D eigenvalue weighted by Gasteiger charge is 2.35. The second-order valence-corrected chi connectivity index (χ2v) is 13.0. The van der Waals surface area contributed by atoms with Gasteiger partial charge in [-0.05, 0) is 58.7 Å². The lowest BCUT2D eigenvalue weighted by molar-refractivity contribution is -0.0236. The lowest BCUT2D eigenvalue weighted by atomic mass is 9.87. The second-order valence-electron chi connectivity index (χ2n) is 10.4. The van der Waals surface area contributed by atoms with Gasteiger partial charge in [-0.2, -0.15) is 0 Å². The molecule has 0 spiro atoms. The van der Waals surface area contributed by atoms with Gasteiger partial charge in [-0.15, -0.1) is 0 Å². The molecule has 0 aliphatic carbocycles. The Morgan fingerprint density at radius 1 is 0.911 bits per heavy atom. The van der Waals surface area contributed by atoms with Gasteiger partial charge in [-0.1, -0.05) is 89.4 Å². The number of benzene rings is 3. The van der Waals surface area contributed by atoms with Crippen LogP contribution in [0.1, 0.15) is 23.5 Å². The van der Waals surface area contributed by atoms with E-state index in [9.17, 15) is 9.59 Å². The molecule has 0 saturated carbocycles. The summed E-state index contributed by atoms with van der Waals surface area (Å²) >= 11 is 17.4. The van der Waals surface area contributed by atoms with E-state index < -0.39 is 16.0 Å². The van der Waals surface area contributed by atoms with E-state index in [2.05, 4.69) is 34.6 Å². The van der Waals surface area contributed by atoms with Crippen LogP contribution in [0.3, 0.4) is 0 Å². The molecule has 45 heavy (non-hydrogen) atoms. The number of carbonyl (C=O) groups excluding carboxylic acids is 2. The first kappa shape index (κ1) is 32.6. The summed E-state index contributed by atoms with van der Waals surface area (Å²) in [6, 6.07) is 27.2. The van der Waals surface area contributed by atoms with E-state index in [0.717, 1.165) is 21.9 Å². The zero-order chi connectivity index (χ0) is 31.6. The van der Waals surface area contributed by atoms with Gasteiger partial charge in [-0.25, -0.2) is 14.6 Å². The molecule has 2 unspecified atom stereocenters. The minimum absolute atomic E-state index is 0.0355. The van der Waals surface area contributed by atoms with Crippen LogP contribution in [0.15, 0.2) is 91.1 Å². The van der Waals surface area contributed by atoms with Gasteiger partial charge in [-0.3, -0.25) is 5.32 Å². The first-order valence-corrected chi connectivity index (χ1v) is 15.5. The number of carbonyl (C=O) groups is 2. The Morgan fingerprint density at radius 2 is 1.73 bits per heavy atom. The van der Waals surface area contributed by atoms with Gasteiger partial charge in [0, 0.05) is 18.7 Å². The molecule has 1 aliphatic heterocycles. The molecule has 1 fully saturated rings. The van der Waals surface area contributed by atoms with Crippen LogP contribution in [0.25, 0.3) is 10.8 Å². The maximum absolute atomic E-state index is 12.8. The van der Waals surface area contributed by atoms with Crippen molar-refractivity contribution < 1.29 is 28.5 Å². The lowest BCUT2D eigenvalue weighted by Crippen LogP contribution is -2.47. The molecule has 1 N–H and O–H groups in total. The molecule has 2 atom stereocenters. The third-order valence-electron chi connectivity index (χ3n) is 7.22. The molecule has 9 nitrogen and oxygen atoms in total. The van der Waals surface area contributed by atoms with Crippen molar-refractivity contribution in [3.63, 3.8) is 0 Å². The van der Waals surface area contributed by atoms with Gasteiger partial charge < -0.3 is 23.8 Å². The summed E-state index contributed by atoms with van der Waals surface area (Å²) in [4.78, 5) is 30.4. The Hall–Kier alpha value is -3.76. The van der Waals surface area contributed by atoms with Crippen molar-refractivity contribution in [1.82, 2.24) is 9.88 Å². The molecule has 1 saturated heterocycles. The number of hydrogen-bond donors (Lipinski definition) is 1. The number of pyridine rings is 1. The molecule has 0 bridgehead atoms. The number of amides is 2. The predicted octanol–water partition coefficient (Wildman–Crippen LogP) is 7.74. The van der Waals surface area contributed by atoms with E-state index in [-0.39, 0.29) is 31.8 Å². The number of ether oxygens (including phenoxy) is 4. The standard InChI is InChI=1S/C33H32Cl3N3O6/c34-33(35,36)22-45-32(41)39-15-13-28(29(20-39)44-21-23-11-12-24-6-1-2-7-25(24)18-23)26-8-5-9-27(19-26)42-16-17-43-31(40)38-30-10-3-4-14-37-30/h1-12,14,18-19,28-29H,13,15-17,20-22H2,(H,37,38,40). The second kappa shape index (κ2) is 15.5. The van der Waals surface area contributed by atoms with Crippen LogP contribution in [0, 0.1) is 0 Å². The molecule has 2 amide bonds. The highest BCUT2D eigenvalue weighted by molar-refractivity contribution is 6.67. The summed E-state index contributed by atoms with van der Waals surface area (Å²) < 4.78 is 21.1. The SMILES string of the molecule is O=C(Nc1ccccn1)OCCOc1cccc(C2CCN(C(=O)OCC(Cl)(Cl)Cl)CC2OCc2ccc3ccccc3c2)c1. The number of piperidine rings is 1. The van der Waals surface area contributed by atoms with Crippen molar-refractivity contribution in [2.45, 2.75) is 28.8 Å². The van der Waals surface area contributed by atoms with Crippen LogP contribution >= 0.6 is 34.8 Å². The number of anilines is 1. The van der Waals surface area contributed by atoms with Crippen molar-refractivity contribution in [1.29, 1.82) is 0 Å². The van der Waals surface area contributed by atoms with Gasteiger partial charge in [0.1, 0.15) is 31.4 Å². The normalized spacial score (nSPS) is 16.6. The summed E-state index contributed by atoms with van der Waals surface area (Å²) in [6.45, 7) is 0.943. The topological polar surface area (TPSA) is 99.2 Å². The highest BCUT2D eigenvalue weighted by atomic mass is 35.6. The van der Waals surface area contributed by atoms with E-state index in [1.165, 1.54) is 0 Å². The van der Waals surface area contributed by atoms with Gasteiger partial charge in [0.2, 0.25) is 3.79 Å². The maximum atomic E-state index is 12.8. The van der Waals surface area contributed by atoms with Crippen molar-refractivity contribution in [3.05, 3.63) is 102 Å². The molecule has 5 rings (SSSR count). The van der Waals surface area contributed by atoms with Gasteiger partial charge in [0.25, 0.3) is 0 Å². The van der Waals surface area contributed by atoms with Gasteiger partial charge in [0.05, 0.1) is 19.3 Å². The minimum Gasteiger partial charge on any atom is -0.490 e. The van der Waals surface area contributed by atoms with E-state index in [4.69, 9.17) is 53.8 Å². The Morgan fingerprint density at radius 3 is 2.53 bits per heavy atom. The summed E-state index contributed by atoms with van der Waals surface area (Å²) in [6.07, 6.45) is 0.664. The van der Waals surface area contributed by atoms with E-state index in [0.29, 0.717) is 37.7 Å². The summed E-state index contributed by atoms with van der Waals surface area (Å²) in [5.41, 5.74) is 2.02. The van der Waals surface area contributed by atoms with E-state index in [1.54, 1.807) is 29.3 Å². The molecule has 4 aromatic rings. The number of rotatable bonds is 10. The van der Waals surface area contributed by atoms with Crippen molar-refractivity contribution >= 4 is 63.6 Å². The first-order chi connectivity index (χ1) is 21.7. The monoisotopic (exact) mass is 671 g/mol. The van der Waals surface area contributed by atoms with Crippen LogP contribution in [-0.4, -0.2) is 64.9 Å². The summed E-state index contributed by atoms with van der Waals surface area (Å²) in [7, 11) is 0. The molecular formula is C33H32Cl3N3O6. The molecule has 236 valence electrons. The Bertz CT molecular complexity index is 1590. The number of fused-ring (bicyclic) bond motifs is 1. The number of aromatic nitrogens is 1. The maximum Gasteiger partial charge on any atom is 0.412 e. The predicted molar refractivity (Wildman–Crippen MR) is 174 cm³/mol. The fourth-order valence-corrected chi connectivity index (χ4v) is 5.27. The molecule has 2 heterocycles. The van der Waals surface area contributed by atoms with Gasteiger partial charge >= 0.3 is 12.2 Å². The van der Waals surface area contributed by atoms with E-state index in [1.807, 2.05) is 42.5 Å². The number of hydrogen-bond acceptors (Lipinski definition) is 7. The number of nitrogens with one attached hydrogen (secondary N) is 1. The summed E-state index contributed by atoms with van der Waals surface area (Å²) in [5, 5.41) is 4.83. The molecule has 1 aliphatic rings. The molecule has 1 aromatic heterocycles. The third-order valence-corrected chi connectivity index (χ3v) is 7.55. The number of halogens is 3. The molecule has 0 radical (unpaired) electrons. The molecule has 3 aromatic carbocycles. The van der Waals surface area contributed by atoms with Gasteiger partial charge in [0.15, 0.2) is 0 Å². The Balaban J connectivity index is 1.22. The zero-order valence-electron chi connectivity index (χ0n) is 24.2. The first-order valence-electron chi connectivity index (χ1n) is 14.4. The number of alkyl halides is 3. The third kappa shape index (κ3) is 9.86. The van der Waals surface area contributed by atoms with Crippen LogP contribution in [0.5, 0.6) is 5.75 Å². The average Bonchev–Trinajstić information content (AvgIpc) is 3.04. The number of likely N-dealkylation sites (tertiary alicyclic amines) is 1. The Kier molecular flexibility index (Phi) is 11.2.